The van der Waals surface area contributed by atoms with Gasteiger partial charge in [0, 0.05) is 12.2 Å². The van der Waals surface area contributed by atoms with E-state index in [1.807, 2.05) is 6.92 Å². The van der Waals surface area contributed by atoms with Crippen LogP contribution in [0.4, 0.5) is 0 Å². The van der Waals surface area contributed by atoms with Crippen LogP contribution in [0.5, 0.6) is 0 Å². The molecule has 6 nitrogen and oxygen atoms in total. The van der Waals surface area contributed by atoms with E-state index in [4.69, 9.17) is 11.2 Å². The molecule has 1 saturated heterocycles. The number of amides is 1. The van der Waals surface area contributed by atoms with Crippen molar-refractivity contribution >= 4 is 15.9 Å². The molecule has 1 fully saturated rings. The fourth-order valence-electron chi connectivity index (χ4n) is 2.39. The summed E-state index contributed by atoms with van der Waals surface area (Å²) in [5.41, 5.74) is 0.394. The van der Waals surface area contributed by atoms with Crippen LogP contribution in [0.1, 0.15) is 30.1 Å². The zero-order valence-corrected chi connectivity index (χ0v) is 13.7. The van der Waals surface area contributed by atoms with E-state index in [1.54, 1.807) is 0 Å². The maximum atomic E-state index is 12.2. The molecule has 0 unspecified atom stereocenters. The molecule has 1 aliphatic heterocycles. The molecule has 1 heterocycles. The maximum Gasteiger partial charge on any atom is 0.251 e. The molecule has 0 aliphatic carbocycles. The fourth-order valence-corrected chi connectivity index (χ4v) is 3.32. The van der Waals surface area contributed by atoms with Crippen LogP contribution in [0.25, 0.3) is 0 Å². The molecule has 2 atom stereocenters. The summed E-state index contributed by atoms with van der Waals surface area (Å²) in [7, 11) is -3.65. The minimum Gasteiger partial charge on any atom is -0.376 e. The topological polar surface area (TPSA) is 84.5 Å². The number of sulfonamides is 1. The molecule has 124 valence electrons. The monoisotopic (exact) mass is 336 g/mol. The summed E-state index contributed by atoms with van der Waals surface area (Å²) in [6.07, 6.45) is 7.00. The Kier molecular flexibility index (Phi) is 5.77. The van der Waals surface area contributed by atoms with Gasteiger partial charge in [0.15, 0.2) is 0 Å². The predicted octanol–water partition coefficient (Wildman–Crippen LogP) is 0.895. The molecule has 1 aromatic rings. The second-order valence-corrected chi connectivity index (χ2v) is 7.13. The van der Waals surface area contributed by atoms with Gasteiger partial charge in [-0.1, -0.05) is 5.92 Å². The number of nitrogens with one attached hydrogen (secondary N) is 2. The highest BCUT2D eigenvalue weighted by molar-refractivity contribution is 7.89. The lowest BCUT2D eigenvalue weighted by Crippen LogP contribution is -2.40. The minimum absolute atomic E-state index is 0.0339. The predicted molar refractivity (Wildman–Crippen MR) is 86.4 cm³/mol. The summed E-state index contributed by atoms with van der Waals surface area (Å²) in [4.78, 5) is 12.3. The van der Waals surface area contributed by atoms with Crippen molar-refractivity contribution < 1.29 is 17.9 Å². The van der Waals surface area contributed by atoms with E-state index >= 15 is 0 Å². The molecule has 2 N–H and O–H groups in total. The van der Waals surface area contributed by atoms with Gasteiger partial charge in [-0.05, 0) is 44.0 Å². The van der Waals surface area contributed by atoms with Gasteiger partial charge in [-0.25, -0.2) is 8.42 Å². The third-order valence-electron chi connectivity index (χ3n) is 3.67. The van der Waals surface area contributed by atoms with E-state index in [0.717, 1.165) is 19.4 Å². The summed E-state index contributed by atoms with van der Waals surface area (Å²) < 4.78 is 31.6. The van der Waals surface area contributed by atoms with E-state index in [2.05, 4.69) is 16.0 Å². The summed E-state index contributed by atoms with van der Waals surface area (Å²) in [5, 5.41) is 2.88. The van der Waals surface area contributed by atoms with Gasteiger partial charge in [0.2, 0.25) is 10.0 Å². The SMILES string of the molecule is C#CCNS(=O)(=O)c1ccc(C(=O)N[C@H](C)[C@H]2CCCO2)cc1. The maximum absolute atomic E-state index is 12.2. The Morgan fingerprint density at radius 2 is 2.13 bits per heavy atom. The minimum atomic E-state index is -3.65. The molecule has 0 aromatic heterocycles. The van der Waals surface area contributed by atoms with Crippen molar-refractivity contribution in [1.29, 1.82) is 0 Å². The zero-order valence-electron chi connectivity index (χ0n) is 12.9. The second-order valence-electron chi connectivity index (χ2n) is 5.37. The third-order valence-corrected chi connectivity index (χ3v) is 5.09. The first-order chi connectivity index (χ1) is 10.9. The molecular weight excluding hydrogens is 316 g/mol. The summed E-state index contributed by atoms with van der Waals surface area (Å²) in [6, 6.07) is 5.62. The molecule has 7 heteroatoms. The molecule has 2 rings (SSSR count). The van der Waals surface area contributed by atoms with Crippen molar-refractivity contribution in [1.82, 2.24) is 10.0 Å². The zero-order chi connectivity index (χ0) is 16.9. The van der Waals surface area contributed by atoms with Crippen LogP contribution in [0, 0.1) is 12.3 Å². The number of benzene rings is 1. The van der Waals surface area contributed by atoms with Crippen LogP contribution in [0.15, 0.2) is 29.2 Å². The quantitative estimate of drug-likeness (QED) is 0.756. The van der Waals surface area contributed by atoms with Crippen molar-refractivity contribution in [2.75, 3.05) is 13.2 Å². The third kappa shape index (κ3) is 4.55. The molecule has 0 radical (unpaired) electrons. The molecule has 1 aliphatic rings. The van der Waals surface area contributed by atoms with Gasteiger partial charge in [-0.2, -0.15) is 4.72 Å². The molecule has 0 bridgehead atoms. The van der Waals surface area contributed by atoms with Crippen molar-refractivity contribution in [2.24, 2.45) is 0 Å². The van der Waals surface area contributed by atoms with E-state index < -0.39 is 10.0 Å². The molecule has 1 amide bonds. The highest BCUT2D eigenvalue weighted by Crippen LogP contribution is 2.16. The first-order valence-corrected chi connectivity index (χ1v) is 8.88. The number of carbonyl (C=O) groups is 1. The molecule has 0 saturated carbocycles. The lowest BCUT2D eigenvalue weighted by atomic mass is 10.1. The summed E-state index contributed by atoms with van der Waals surface area (Å²) >= 11 is 0. The van der Waals surface area contributed by atoms with Gasteiger partial charge < -0.3 is 10.1 Å². The van der Waals surface area contributed by atoms with Gasteiger partial charge in [-0.3, -0.25) is 4.79 Å². The van der Waals surface area contributed by atoms with E-state index in [1.165, 1.54) is 24.3 Å². The van der Waals surface area contributed by atoms with Gasteiger partial charge in [0.05, 0.1) is 23.6 Å². The number of ether oxygens (including phenoxy) is 1. The van der Waals surface area contributed by atoms with Crippen LogP contribution < -0.4 is 10.0 Å². The van der Waals surface area contributed by atoms with Crippen molar-refractivity contribution in [3.05, 3.63) is 29.8 Å². The molecular formula is C16H20N2O4S. The van der Waals surface area contributed by atoms with Crippen molar-refractivity contribution in [2.45, 2.75) is 36.8 Å². The number of carbonyl (C=O) groups excluding carboxylic acids is 1. The van der Waals surface area contributed by atoms with Crippen LogP contribution >= 0.6 is 0 Å². The molecule has 23 heavy (non-hydrogen) atoms. The second kappa shape index (κ2) is 7.59. The van der Waals surface area contributed by atoms with Crippen molar-refractivity contribution in [3.63, 3.8) is 0 Å². The molecule has 0 spiro atoms. The van der Waals surface area contributed by atoms with E-state index in [-0.39, 0.29) is 29.5 Å². The van der Waals surface area contributed by atoms with Crippen LogP contribution in [-0.4, -0.2) is 39.6 Å². The number of rotatable bonds is 6. The van der Waals surface area contributed by atoms with Gasteiger partial charge >= 0.3 is 0 Å². The lowest BCUT2D eigenvalue weighted by Gasteiger charge is -2.20. The summed E-state index contributed by atoms with van der Waals surface area (Å²) in [5.74, 6) is 1.95. The van der Waals surface area contributed by atoms with Gasteiger partial charge in [0.25, 0.3) is 5.91 Å². The average molecular weight is 336 g/mol. The van der Waals surface area contributed by atoms with Crippen LogP contribution in [0.3, 0.4) is 0 Å². The summed E-state index contributed by atoms with van der Waals surface area (Å²) in [6.45, 7) is 2.54. The Balaban J connectivity index is 2.01. The smallest absolute Gasteiger partial charge is 0.251 e. The highest BCUT2D eigenvalue weighted by Gasteiger charge is 2.24. The number of hydrogen-bond acceptors (Lipinski definition) is 4. The first kappa shape index (κ1) is 17.5. The number of hydrogen-bond donors (Lipinski definition) is 2. The van der Waals surface area contributed by atoms with Gasteiger partial charge in [0.1, 0.15) is 0 Å². The van der Waals surface area contributed by atoms with Crippen LogP contribution in [-0.2, 0) is 14.8 Å². The Bertz CT molecular complexity index is 686. The Hall–Kier alpha value is -1.88. The fraction of sp³-hybridized carbons (Fsp3) is 0.438. The first-order valence-electron chi connectivity index (χ1n) is 7.39. The van der Waals surface area contributed by atoms with Crippen molar-refractivity contribution in [3.8, 4) is 12.3 Å². The highest BCUT2D eigenvalue weighted by atomic mass is 32.2. The van der Waals surface area contributed by atoms with Crippen LogP contribution in [0.2, 0.25) is 0 Å². The van der Waals surface area contributed by atoms with Gasteiger partial charge in [-0.15, -0.1) is 6.42 Å². The van der Waals surface area contributed by atoms with E-state index in [9.17, 15) is 13.2 Å². The largest absolute Gasteiger partial charge is 0.376 e. The lowest BCUT2D eigenvalue weighted by molar-refractivity contribution is 0.0712. The Morgan fingerprint density at radius 1 is 1.43 bits per heavy atom. The van der Waals surface area contributed by atoms with E-state index in [0.29, 0.717) is 5.56 Å². The Labute approximate surface area is 136 Å². The average Bonchev–Trinajstić information content (AvgIpc) is 3.07. The molecule has 1 aromatic carbocycles. The normalized spacial score (nSPS) is 19.0. The number of terminal acetylenes is 1. The standard InChI is InChI=1S/C16H20N2O4S/c1-3-10-17-23(20,21)14-8-6-13(7-9-14)16(19)18-12(2)15-5-4-11-22-15/h1,6-9,12,15,17H,4-5,10-11H2,2H3,(H,18,19)/t12-,15-/m1/s1. The Morgan fingerprint density at radius 3 is 2.70 bits per heavy atom.